The molecule has 2 saturated heterocycles. The van der Waals surface area contributed by atoms with Crippen LogP contribution in [-0.2, 0) is 9.53 Å². The molecule has 2 aliphatic heterocycles. The highest BCUT2D eigenvalue weighted by atomic mass is 16.5. The number of ether oxygens (including phenoxy) is 1. The molecule has 4 aliphatic carbocycles. The van der Waals surface area contributed by atoms with Crippen molar-refractivity contribution in [1.82, 2.24) is 4.90 Å². The van der Waals surface area contributed by atoms with Crippen LogP contribution in [0.15, 0.2) is 11.1 Å². The van der Waals surface area contributed by atoms with Crippen molar-refractivity contribution in [2.45, 2.75) is 64.5 Å². The van der Waals surface area contributed by atoms with Crippen LogP contribution >= 0.6 is 0 Å². The van der Waals surface area contributed by atoms with Gasteiger partial charge in [-0.15, -0.1) is 0 Å². The van der Waals surface area contributed by atoms with Crippen LogP contribution < -0.4 is 0 Å². The molecule has 0 amide bonds. The molecule has 0 aromatic rings. The van der Waals surface area contributed by atoms with E-state index in [2.05, 4.69) is 18.7 Å². The smallest absolute Gasteiger partial charge is 0.309 e. The number of hydrogen-bond donors (Lipinski definition) is 1. The minimum absolute atomic E-state index is 0.00220. The molecule has 4 fully saturated rings. The fourth-order valence-electron chi connectivity index (χ4n) is 9.36. The topological polar surface area (TPSA) is 49.8 Å². The van der Waals surface area contributed by atoms with Gasteiger partial charge in [0.25, 0.3) is 0 Å². The summed E-state index contributed by atoms with van der Waals surface area (Å²) in [5.74, 6) is 2.11. The van der Waals surface area contributed by atoms with Crippen molar-refractivity contribution in [3.8, 4) is 0 Å². The maximum absolute atomic E-state index is 12.8. The fraction of sp³-hybridized carbons (Fsp3) is 0.870. The minimum atomic E-state index is -0.240. The highest BCUT2D eigenvalue weighted by Gasteiger charge is 2.76. The summed E-state index contributed by atoms with van der Waals surface area (Å²) in [6.07, 6.45) is 6.32. The monoisotopic (exact) mass is 371 g/mol. The van der Waals surface area contributed by atoms with Crippen LogP contribution in [0, 0.1) is 40.4 Å². The summed E-state index contributed by atoms with van der Waals surface area (Å²) in [4.78, 5) is 15.6. The summed E-state index contributed by atoms with van der Waals surface area (Å²) < 4.78 is 5.29. The van der Waals surface area contributed by atoms with E-state index in [1.54, 1.807) is 18.3 Å². The summed E-state index contributed by atoms with van der Waals surface area (Å²) >= 11 is 0. The SMILES string of the molecule is COC(=O)[C@@H]1C[C@@]23C4=C(CC[C@H]5CN6C[C@@H](C)[C@@H](C[C@@H](O)[C@@]52C)[C@@H]63)CC[C@@H]41. The zero-order chi connectivity index (χ0) is 18.7. The largest absolute Gasteiger partial charge is 0.469 e. The Bertz CT molecular complexity index is 746. The lowest BCUT2D eigenvalue weighted by atomic mass is 9.43. The molecule has 6 rings (SSSR count). The van der Waals surface area contributed by atoms with Crippen molar-refractivity contribution in [3.05, 3.63) is 11.1 Å². The lowest BCUT2D eigenvalue weighted by Gasteiger charge is -2.67. The van der Waals surface area contributed by atoms with E-state index in [9.17, 15) is 9.90 Å². The Morgan fingerprint density at radius 2 is 2.04 bits per heavy atom. The number of hydrogen-bond acceptors (Lipinski definition) is 4. The number of aliphatic hydroxyl groups excluding tert-OH is 1. The Balaban J connectivity index is 1.62. The molecule has 4 heteroatoms. The molecular weight excluding hydrogens is 338 g/mol. The second kappa shape index (κ2) is 5.18. The molecule has 148 valence electrons. The number of piperidine rings is 1. The average Bonchev–Trinajstić information content (AvgIpc) is 3.28. The van der Waals surface area contributed by atoms with Gasteiger partial charge in [-0.1, -0.05) is 25.0 Å². The molecule has 9 atom stereocenters. The number of methoxy groups -OCH3 is 1. The Labute approximate surface area is 162 Å². The fourth-order valence-corrected chi connectivity index (χ4v) is 9.36. The molecule has 6 aliphatic rings. The second-order valence-electron chi connectivity index (χ2n) is 10.8. The van der Waals surface area contributed by atoms with Gasteiger partial charge in [0.1, 0.15) is 0 Å². The van der Waals surface area contributed by atoms with E-state index in [0.717, 1.165) is 25.8 Å². The van der Waals surface area contributed by atoms with E-state index in [0.29, 0.717) is 29.7 Å². The predicted molar refractivity (Wildman–Crippen MR) is 102 cm³/mol. The number of carbonyl (C=O) groups is 1. The first-order chi connectivity index (χ1) is 12.9. The third-order valence-electron chi connectivity index (χ3n) is 10.3. The summed E-state index contributed by atoms with van der Waals surface area (Å²) in [6.45, 7) is 7.12. The summed E-state index contributed by atoms with van der Waals surface area (Å²) in [5.41, 5.74) is 3.20. The first-order valence-electron chi connectivity index (χ1n) is 11.2. The van der Waals surface area contributed by atoms with Crippen LogP contribution in [0.2, 0.25) is 0 Å². The molecule has 2 heterocycles. The molecule has 27 heavy (non-hydrogen) atoms. The van der Waals surface area contributed by atoms with E-state index < -0.39 is 0 Å². The molecule has 0 aromatic heterocycles. The van der Waals surface area contributed by atoms with Crippen molar-refractivity contribution in [2.75, 3.05) is 20.2 Å². The lowest BCUT2D eigenvalue weighted by Crippen LogP contribution is -2.70. The quantitative estimate of drug-likeness (QED) is 0.569. The highest BCUT2D eigenvalue weighted by molar-refractivity contribution is 5.75. The van der Waals surface area contributed by atoms with Crippen molar-refractivity contribution in [2.24, 2.45) is 40.4 Å². The minimum Gasteiger partial charge on any atom is -0.469 e. The predicted octanol–water partition coefficient (Wildman–Crippen LogP) is 3.00. The normalized spacial score (nSPS) is 55.5. The molecule has 4 bridgehead atoms. The average molecular weight is 372 g/mol. The van der Waals surface area contributed by atoms with Gasteiger partial charge in [-0.05, 0) is 62.2 Å². The molecular formula is C23H33NO3. The van der Waals surface area contributed by atoms with Gasteiger partial charge in [0, 0.05) is 30.0 Å². The van der Waals surface area contributed by atoms with Gasteiger partial charge in [0.05, 0.1) is 19.1 Å². The standard InChI is InChI=1S/C23H33NO3/c1-12-10-24-11-14-6-4-13-5-7-15-17(21(26)27-3)9-23(19(13)15)20(24)16(12)8-18(25)22(14,23)2/h12,14-18,20,25H,4-11H2,1-3H3/t12-,14+,15-,16-,17-,18-,20-,22-,23+/m1/s1. The maximum Gasteiger partial charge on any atom is 0.309 e. The van der Waals surface area contributed by atoms with Gasteiger partial charge < -0.3 is 9.84 Å². The van der Waals surface area contributed by atoms with E-state index in [1.807, 2.05) is 0 Å². The number of aliphatic hydroxyl groups is 1. The van der Waals surface area contributed by atoms with Crippen LogP contribution in [-0.4, -0.2) is 48.3 Å². The lowest BCUT2D eigenvalue weighted by molar-refractivity contribution is -0.200. The van der Waals surface area contributed by atoms with Gasteiger partial charge in [-0.2, -0.15) is 0 Å². The molecule has 1 spiro atoms. The van der Waals surface area contributed by atoms with Gasteiger partial charge in [0.2, 0.25) is 0 Å². The van der Waals surface area contributed by atoms with Gasteiger partial charge in [-0.3, -0.25) is 9.69 Å². The van der Waals surface area contributed by atoms with Crippen LogP contribution in [0.5, 0.6) is 0 Å². The Morgan fingerprint density at radius 3 is 2.81 bits per heavy atom. The van der Waals surface area contributed by atoms with Crippen LogP contribution in [0.4, 0.5) is 0 Å². The zero-order valence-electron chi connectivity index (χ0n) is 16.9. The number of carbonyl (C=O) groups excluding carboxylic acids is 1. The van der Waals surface area contributed by atoms with E-state index >= 15 is 0 Å². The van der Waals surface area contributed by atoms with Gasteiger partial charge >= 0.3 is 5.97 Å². The molecule has 1 N–H and O–H groups in total. The summed E-state index contributed by atoms with van der Waals surface area (Å²) in [6, 6.07) is 0.524. The molecule has 2 saturated carbocycles. The molecule has 4 nitrogen and oxygen atoms in total. The Hall–Kier alpha value is -0.870. The summed E-state index contributed by atoms with van der Waals surface area (Å²) in [5, 5.41) is 11.6. The van der Waals surface area contributed by atoms with E-state index in [4.69, 9.17) is 4.74 Å². The third-order valence-corrected chi connectivity index (χ3v) is 10.3. The third kappa shape index (κ3) is 1.69. The number of allylic oxidation sites excluding steroid dienone is 1. The number of rotatable bonds is 1. The van der Waals surface area contributed by atoms with Crippen LogP contribution in [0.25, 0.3) is 0 Å². The van der Waals surface area contributed by atoms with Crippen molar-refractivity contribution < 1.29 is 14.6 Å². The molecule has 0 aromatic carbocycles. The number of nitrogens with zero attached hydrogens (tertiary/aromatic N) is 1. The second-order valence-corrected chi connectivity index (χ2v) is 10.8. The summed E-state index contributed by atoms with van der Waals surface area (Å²) in [7, 11) is 1.55. The van der Waals surface area contributed by atoms with Crippen molar-refractivity contribution in [3.63, 3.8) is 0 Å². The Morgan fingerprint density at radius 1 is 1.26 bits per heavy atom. The highest BCUT2D eigenvalue weighted by Crippen LogP contribution is 2.76. The van der Waals surface area contributed by atoms with Crippen LogP contribution in [0.3, 0.4) is 0 Å². The van der Waals surface area contributed by atoms with E-state index in [1.165, 1.54) is 25.8 Å². The van der Waals surface area contributed by atoms with Crippen molar-refractivity contribution in [1.29, 1.82) is 0 Å². The zero-order valence-corrected chi connectivity index (χ0v) is 16.9. The molecule has 0 unspecified atom stereocenters. The van der Waals surface area contributed by atoms with Crippen molar-refractivity contribution >= 4 is 5.97 Å². The first kappa shape index (κ1) is 17.0. The van der Waals surface area contributed by atoms with Gasteiger partial charge in [-0.25, -0.2) is 0 Å². The first-order valence-corrected chi connectivity index (χ1v) is 11.2. The molecule has 0 radical (unpaired) electrons. The Kier molecular flexibility index (Phi) is 3.27. The maximum atomic E-state index is 12.8. The van der Waals surface area contributed by atoms with Gasteiger partial charge in [0.15, 0.2) is 0 Å². The van der Waals surface area contributed by atoms with E-state index in [-0.39, 0.29) is 28.8 Å². The van der Waals surface area contributed by atoms with Crippen LogP contribution in [0.1, 0.15) is 52.4 Å². The number of esters is 1.